The summed E-state index contributed by atoms with van der Waals surface area (Å²) in [6, 6.07) is 6.22. The summed E-state index contributed by atoms with van der Waals surface area (Å²) in [4.78, 5) is 0. The molecule has 5 heteroatoms. The Labute approximate surface area is 123 Å². The zero-order chi connectivity index (χ0) is 14.9. The van der Waals surface area contributed by atoms with E-state index in [1.54, 1.807) is 29.8 Å². The Morgan fingerprint density at radius 1 is 1.40 bits per heavy atom. The minimum Gasteiger partial charge on any atom is -0.379 e. The van der Waals surface area contributed by atoms with E-state index in [1.165, 1.54) is 12.3 Å². The van der Waals surface area contributed by atoms with Gasteiger partial charge in [-0.15, -0.1) is 0 Å². The van der Waals surface area contributed by atoms with Crippen molar-refractivity contribution in [3.05, 3.63) is 52.6 Å². The fraction of sp³-hybridized carbons (Fsp3) is 0.400. The molecule has 0 spiro atoms. The van der Waals surface area contributed by atoms with Crippen LogP contribution in [0.5, 0.6) is 0 Å². The van der Waals surface area contributed by atoms with E-state index in [0.29, 0.717) is 17.1 Å². The van der Waals surface area contributed by atoms with Gasteiger partial charge in [0, 0.05) is 11.6 Å². The largest absolute Gasteiger partial charge is 0.379 e. The normalized spacial score (nSPS) is 14.6. The Bertz CT molecular complexity index is 612. The van der Waals surface area contributed by atoms with Crippen molar-refractivity contribution in [3.63, 3.8) is 0 Å². The summed E-state index contributed by atoms with van der Waals surface area (Å²) in [5, 5.41) is 15.6. The minimum absolute atomic E-state index is 0.0161. The molecule has 0 amide bonds. The molecule has 3 nitrogen and oxygen atoms in total. The molecule has 20 heavy (non-hydrogen) atoms. The van der Waals surface area contributed by atoms with Gasteiger partial charge in [0.15, 0.2) is 0 Å². The molecule has 0 saturated heterocycles. The van der Waals surface area contributed by atoms with E-state index in [0.717, 1.165) is 0 Å². The van der Waals surface area contributed by atoms with Crippen LogP contribution in [-0.2, 0) is 5.60 Å². The van der Waals surface area contributed by atoms with E-state index in [-0.39, 0.29) is 11.6 Å². The number of hydrogen-bond donors (Lipinski definition) is 1. The van der Waals surface area contributed by atoms with Crippen molar-refractivity contribution in [1.82, 2.24) is 9.78 Å². The number of aliphatic hydroxyl groups is 1. The van der Waals surface area contributed by atoms with Crippen molar-refractivity contribution >= 4 is 11.6 Å². The third-order valence-corrected chi connectivity index (χ3v) is 3.74. The summed E-state index contributed by atoms with van der Waals surface area (Å²) in [5.74, 6) is -0.454. The highest BCUT2D eigenvalue weighted by molar-refractivity contribution is 6.31. The third kappa shape index (κ3) is 2.34. The Kier molecular flexibility index (Phi) is 4.16. The number of halogens is 2. The van der Waals surface area contributed by atoms with E-state index in [9.17, 15) is 9.50 Å². The Morgan fingerprint density at radius 3 is 2.60 bits per heavy atom. The summed E-state index contributed by atoms with van der Waals surface area (Å²) in [6.07, 6.45) is 1.78. The molecule has 1 N–H and O–H groups in total. The van der Waals surface area contributed by atoms with Gasteiger partial charge < -0.3 is 5.11 Å². The molecule has 0 bridgehead atoms. The number of hydrogen-bond acceptors (Lipinski definition) is 2. The summed E-state index contributed by atoms with van der Waals surface area (Å²) >= 11 is 6.19. The van der Waals surface area contributed by atoms with Crippen molar-refractivity contribution < 1.29 is 9.50 Å². The molecule has 0 saturated carbocycles. The molecule has 1 aromatic carbocycles. The predicted molar refractivity (Wildman–Crippen MR) is 77.3 cm³/mol. The average Bonchev–Trinajstić information content (AvgIpc) is 2.81. The molecule has 0 aliphatic carbocycles. The van der Waals surface area contributed by atoms with Crippen molar-refractivity contribution in [2.45, 2.75) is 38.8 Å². The highest BCUT2D eigenvalue weighted by Gasteiger charge is 2.38. The maximum atomic E-state index is 14.1. The molecule has 0 aliphatic heterocycles. The molecule has 2 rings (SSSR count). The maximum absolute atomic E-state index is 14.1. The fourth-order valence-electron chi connectivity index (χ4n) is 2.40. The molecule has 0 fully saturated rings. The first-order valence-corrected chi connectivity index (χ1v) is 7.00. The maximum Gasteiger partial charge on any atom is 0.135 e. The fourth-order valence-corrected chi connectivity index (χ4v) is 2.69. The first-order chi connectivity index (χ1) is 9.41. The Balaban J connectivity index is 2.69. The van der Waals surface area contributed by atoms with Crippen LogP contribution in [0.15, 0.2) is 30.5 Å². The van der Waals surface area contributed by atoms with Gasteiger partial charge in [-0.3, -0.25) is 4.68 Å². The summed E-state index contributed by atoms with van der Waals surface area (Å²) < 4.78 is 15.7. The first kappa shape index (κ1) is 15.0. The molecule has 1 aromatic heterocycles. The van der Waals surface area contributed by atoms with Gasteiger partial charge in [-0.05, 0) is 26.3 Å². The molecule has 108 valence electrons. The smallest absolute Gasteiger partial charge is 0.135 e. The van der Waals surface area contributed by atoms with Crippen molar-refractivity contribution in [2.24, 2.45) is 0 Å². The molecule has 2 aromatic rings. The van der Waals surface area contributed by atoms with Crippen LogP contribution in [0.25, 0.3) is 0 Å². The SMILES string of the molecule is CCC(O)(c1ccccc1F)c1c(Cl)cnn1C(C)C. The van der Waals surface area contributed by atoms with E-state index < -0.39 is 11.4 Å². The van der Waals surface area contributed by atoms with Crippen LogP contribution in [-0.4, -0.2) is 14.9 Å². The molecule has 1 unspecified atom stereocenters. The zero-order valence-electron chi connectivity index (χ0n) is 11.8. The first-order valence-electron chi connectivity index (χ1n) is 6.62. The van der Waals surface area contributed by atoms with Crippen molar-refractivity contribution in [1.29, 1.82) is 0 Å². The molecular weight excluding hydrogens is 279 g/mol. The molecule has 1 atom stereocenters. The Hall–Kier alpha value is -1.39. The highest BCUT2D eigenvalue weighted by atomic mass is 35.5. The van der Waals surface area contributed by atoms with Crippen LogP contribution in [0.1, 0.15) is 44.5 Å². The lowest BCUT2D eigenvalue weighted by Gasteiger charge is -2.30. The second-order valence-corrected chi connectivity index (χ2v) is 5.48. The summed E-state index contributed by atoms with van der Waals surface area (Å²) in [5.41, 5.74) is -0.850. The lowest BCUT2D eigenvalue weighted by atomic mass is 9.87. The summed E-state index contributed by atoms with van der Waals surface area (Å²) in [7, 11) is 0. The number of aromatic nitrogens is 2. The van der Waals surface area contributed by atoms with E-state index in [4.69, 9.17) is 11.6 Å². The van der Waals surface area contributed by atoms with Gasteiger partial charge in [-0.1, -0.05) is 36.7 Å². The molecule has 0 radical (unpaired) electrons. The number of nitrogens with zero attached hydrogens (tertiary/aromatic N) is 2. The van der Waals surface area contributed by atoms with Crippen LogP contribution in [0, 0.1) is 5.82 Å². The van der Waals surface area contributed by atoms with Gasteiger partial charge in [-0.2, -0.15) is 5.10 Å². The highest BCUT2D eigenvalue weighted by Crippen LogP contribution is 2.39. The van der Waals surface area contributed by atoms with Gasteiger partial charge in [0.2, 0.25) is 0 Å². The standard InChI is InChI=1S/C15H18ClFN2O/c1-4-15(20,11-7-5-6-8-13(11)17)14-12(16)9-18-19(14)10(2)3/h5-10,20H,4H2,1-3H3. The zero-order valence-corrected chi connectivity index (χ0v) is 12.5. The van der Waals surface area contributed by atoms with E-state index >= 15 is 0 Å². The second kappa shape index (κ2) is 5.54. The van der Waals surface area contributed by atoms with Crippen LogP contribution >= 0.6 is 11.6 Å². The van der Waals surface area contributed by atoms with Gasteiger partial charge >= 0.3 is 0 Å². The van der Waals surface area contributed by atoms with Crippen LogP contribution in [0.4, 0.5) is 4.39 Å². The average molecular weight is 297 g/mol. The van der Waals surface area contributed by atoms with Gasteiger partial charge in [0.1, 0.15) is 11.4 Å². The van der Waals surface area contributed by atoms with E-state index in [2.05, 4.69) is 5.10 Å². The van der Waals surface area contributed by atoms with Gasteiger partial charge in [-0.25, -0.2) is 4.39 Å². The van der Waals surface area contributed by atoms with Crippen molar-refractivity contribution in [2.75, 3.05) is 0 Å². The van der Waals surface area contributed by atoms with E-state index in [1.807, 2.05) is 13.8 Å². The third-order valence-electron chi connectivity index (χ3n) is 3.46. The van der Waals surface area contributed by atoms with Crippen LogP contribution in [0.2, 0.25) is 5.02 Å². The predicted octanol–water partition coefficient (Wildman–Crippen LogP) is 3.90. The molecular formula is C15H18ClFN2O. The van der Waals surface area contributed by atoms with Crippen molar-refractivity contribution in [3.8, 4) is 0 Å². The lowest BCUT2D eigenvalue weighted by molar-refractivity contribution is 0.0615. The molecule has 0 aliphatic rings. The second-order valence-electron chi connectivity index (χ2n) is 5.07. The monoisotopic (exact) mass is 296 g/mol. The summed E-state index contributed by atoms with van der Waals surface area (Å²) in [6.45, 7) is 5.66. The molecule has 1 heterocycles. The quantitative estimate of drug-likeness (QED) is 0.929. The number of benzene rings is 1. The van der Waals surface area contributed by atoms with Crippen LogP contribution in [0.3, 0.4) is 0 Å². The topological polar surface area (TPSA) is 38.1 Å². The lowest BCUT2D eigenvalue weighted by Crippen LogP contribution is -2.32. The Morgan fingerprint density at radius 2 is 2.05 bits per heavy atom. The minimum atomic E-state index is -1.50. The van der Waals surface area contributed by atoms with Gasteiger partial charge in [0.05, 0.1) is 16.9 Å². The van der Waals surface area contributed by atoms with Crippen LogP contribution < -0.4 is 0 Å². The van der Waals surface area contributed by atoms with Gasteiger partial charge in [0.25, 0.3) is 0 Å². The number of rotatable bonds is 4.